The number of ether oxygens (including phenoxy) is 1. The average Bonchev–Trinajstić information content (AvgIpc) is 2.69. The molecule has 1 heterocycles. The number of carbonyl (C=O) groups excluding carboxylic acids is 1. The summed E-state index contributed by atoms with van der Waals surface area (Å²) in [4.78, 5) is 13.6. The highest BCUT2D eigenvalue weighted by molar-refractivity contribution is 5.94. The van der Waals surface area contributed by atoms with E-state index in [-0.39, 0.29) is 11.9 Å². The van der Waals surface area contributed by atoms with E-state index < -0.39 is 0 Å². The van der Waals surface area contributed by atoms with Crippen LogP contribution in [0.25, 0.3) is 0 Å². The Morgan fingerprint density at radius 2 is 2.31 bits per heavy atom. The highest BCUT2D eigenvalue weighted by Gasteiger charge is 2.11. The summed E-state index contributed by atoms with van der Waals surface area (Å²) in [5, 5.41) is 0. The minimum atomic E-state index is -0.00273. The monoisotopic (exact) mass is 225 g/mol. The first-order valence-corrected chi connectivity index (χ1v) is 5.46. The largest absolute Gasteiger partial charge is 0.461 e. The Hall–Kier alpha value is -1.13. The van der Waals surface area contributed by atoms with Gasteiger partial charge in [-0.25, -0.2) is 0 Å². The minimum absolute atomic E-state index is 0.00273. The number of hydrogen-bond donors (Lipinski definition) is 0. The van der Waals surface area contributed by atoms with Crippen LogP contribution in [0, 0.1) is 0 Å². The van der Waals surface area contributed by atoms with E-state index in [4.69, 9.17) is 9.15 Å². The van der Waals surface area contributed by atoms with Gasteiger partial charge in [-0.2, -0.15) is 0 Å². The van der Waals surface area contributed by atoms with Crippen molar-refractivity contribution in [2.75, 3.05) is 26.7 Å². The predicted molar refractivity (Wildman–Crippen MR) is 61.6 cm³/mol. The topological polar surface area (TPSA) is 42.7 Å². The lowest BCUT2D eigenvalue weighted by Crippen LogP contribution is -2.29. The number of carbonyl (C=O) groups is 1. The predicted octanol–water partition coefficient (Wildman–Crippen LogP) is 1.82. The summed E-state index contributed by atoms with van der Waals surface area (Å²) in [7, 11) is 1.89. The molecule has 0 bridgehead atoms. The van der Waals surface area contributed by atoms with Gasteiger partial charge in [0.1, 0.15) is 0 Å². The molecule has 1 rings (SSSR count). The van der Waals surface area contributed by atoms with Crippen LogP contribution >= 0.6 is 0 Å². The van der Waals surface area contributed by atoms with E-state index in [0.29, 0.717) is 18.9 Å². The maximum absolute atomic E-state index is 11.6. The van der Waals surface area contributed by atoms with Gasteiger partial charge in [-0.1, -0.05) is 0 Å². The fourth-order valence-corrected chi connectivity index (χ4v) is 1.28. The van der Waals surface area contributed by atoms with E-state index in [1.165, 1.54) is 6.26 Å². The number of rotatable bonds is 7. The van der Waals surface area contributed by atoms with E-state index >= 15 is 0 Å². The molecule has 90 valence electrons. The maximum atomic E-state index is 11.6. The summed E-state index contributed by atoms with van der Waals surface area (Å²) >= 11 is 0. The van der Waals surface area contributed by atoms with Crippen molar-refractivity contribution in [2.45, 2.75) is 20.0 Å². The van der Waals surface area contributed by atoms with Crippen LogP contribution in [0.2, 0.25) is 0 Å². The lowest BCUT2D eigenvalue weighted by Gasteiger charge is -2.16. The van der Waals surface area contributed by atoms with Crippen LogP contribution in [0.4, 0.5) is 0 Å². The van der Waals surface area contributed by atoms with Gasteiger partial charge in [-0.3, -0.25) is 9.69 Å². The molecule has 1 aromatic rings. The molecule has 4 heteroatoms. The molecular formula is C12H19NO3. The standard InChI is InChI=1S/C12H19NO3/c1-10(2)15-8-6-13(3)9-11(14)12-5-4-7-16-12/h4-5,7,10H,6,8-9H2,1-3H3. The van der Waals surface area contributed by atoms with Crippen LogP contribution in [0.3, 0.4) is 0 Å². The molecule has 0 aliphatic heterocycles. The van der Waals surface area contributed by atoms with E-state index in [2.05, 4.69) is 0 Å². The number of likely N-dealkylation sites (N-methyl/N-ethyl adjacent to an activating group) is 1. The third-order valence-corrected chi connectivity index (χ3v) is 2.13. The average molecular weight is 225 g/mol. The van der Waals surface area contributed by atoms with Crippen molar-refractivity contribution in [1.82, 2.24) is 4.90 Å². The second-order valence-corrected chi connectivity index (χ2v) is 4.06. The summed E-state index contributed by atoms with van der Waals surface area (Å²) in [6.07, 6.45) is 1.74. The van der Waals surface area contributed by atoms with Crippen molar-refractivity contribution in [3.63, 3.8) is 0 Å². The fourth-order valence-electron chi connectivity index (χ4n) is 1.28. The second-order valence-electron chi connectivity index (χ2n) is 4.06. The van der Waals surface area contributed by atoms with E-state index in [0.717, 1.165) is 6.54 Å². The van der Waals surface area contributed by atoms with Gasteiger partial charge in [0.05, 0.1) is 25.5 Å². The van der Waals surface area contributed by atoms with Gasteiger partial charge in [0.2, 0.25) is 5.78 Å². The normalized spacial score (nSPS) is 11.3. The summed E-state index contributed by atoms with van der Waals surface area (Å²) in [5.41, 5.74) is 0. The molecule has 0 spiro atoms. The van der Waals surface area contributed by atoms with Crippen molar-refractivity contribution in [3.8, 4) is 0 Å². The van der Waals surface area contributed by atoms with Gasteiger partial charge in [0.25, 0.3) is 0 Å². The minimum Gasteiger partial charge on any atom is -0.461 e. The van der Waals surface area contributed by atoms with Gasteiger partial charge in [0.15, 0.2) is 5.76 Å². The third-order valence-electron chi connectivity index (χ3n) is 2.13. The number of ketones is 1. The Balaban J connectivity index is 2.24. The van der Waals surface area contributed by atoms with E-state index in [1.54, 1.807) is 12.1 Å². The molecule has 0 radical (unpaired) electrons. The van der Waals surface area contributed by atoms with Crippen molar-refractivity contribution in [3.05, 3.63) is 24.2 Å². The molecule has 16 heavy (non-hydrogen) atoms. The van der Waals surface area contributed by atoms with Crippen LogP contribution in [0.5, 0.6) is 0 Å². The molecule has 0 aromatic carbocycles. The van der Waals surface area contributed by atoms with Crippen LogP contribution in [-0.2, 0) is 4.74 Å². The number of hydrogen-bond acceptors (Lipinski definition) is 4. The molecule has 4 nitrogen and oxygen atoms in total. The molecule has 0 saturated carbocycles. The molecule has 0 saturated heterocycles. The first-order valence-electron chi connectivity index (χ1n) is 5.46. The fraction of sp³-hybridized carbons (Fsp3) is 0.583. The van der Waals surface area contributed by atoms with Crippen LogP contribution in [0.1, 0.15) is 24.4 Å². The summed E-state index contributed by atoms with van der Waals surface area (Å²) < 4.78 is 10.4. The Bertz CT molecular complexity index is 306. The smallest absolute Gasteiger partial charge is 0.211 e. The zero-order valence-electron chi connectivity index (χ0n) is 10.1. The molecule has 1 aromatic heterocycles. The highest BCUT2D eigenvalue weighted by Crippen LogP contribution is 2.02. The lowest BCUT2D eigenvalue weighted by atomic mass is 10.3. The number of nitrogens with zero attached hydrogens (tertiary/aromatic N) is 1. The molecule has 0 N–H and O–H groups in total. The SMILES string of the molecule is CC(C)OCCN(C)CC(=O)c1ccco1. The van der Waals surface area contributed by atoms with Crippen molar-refractivity contribution in [2.24, 2.45) is 0 Å². The van der Waals surface area contributed by atoms with E-state index in [1.807, 2.05) is 25.8 Å². The summed E-state index contributed by atoms with van der Waals surface area (Å²) in [6, 6.07) is 3.40. The lowest BCUT2D eigenvalue weighted by molar-refractivity contribution is 0.0615. The summed E-state index contributed by atoms with van der Waals surface area (Å²) in [6.45, 7) is 5.72. The first kappa shape index (κ1) is 12.9. The van der Waals surface area contributed by atoms with Crippen molar-refractivity contribution in [1.29, 1.82) is 0 Å². The molecule has 0 fully saturated rings. The van der Waals surface area contributed by atoms with Crippen LogP contribution < -0.4 is 0 Å². The Morgan fingerprint density at radius 1 is 1.56 bits per heavy atom. The first-order chi connectivity index (χ1) is 7.59. The zero-order chi connectivity index (χ0) is 12.0. The third kappa shape index (κ3) is 4.59. The van der Waals surface area contributed by atoms with Crippen molar-refractivity contribution >= 4 is 5.78 Å². The quantitative estimate of drug-likeness (QED) is 0.664. The van der Waals surface area contributed by atoms with Crippen molar-refractivity contribution < 1.29 is 13.9 Å². The summed E-state index contributed by atoms with van der Waals surface area (Å²) in [5.74, 6) is 0.411. The van der Waals surface area contributed by atoms with E-state index in [9.17, 15) is 4.79 Å². The number of furan rings is 1. The van der Waals surface area contributed by atoms with Gasteiger partial charge >= 0.3 is 0 Å². The highest BCUT2D eigenvalue weighted by atomic mass is 16.5. The Morgan fingerprint density at radius 3 is 2.88 bits per heavy atom. The van der Waals surface area contributed by atoms with Gasteiger partial charge in [-0.05, 0) is 33.0 Å². The Labute approximate surface area is 96.2 Å². The molecule has 0 unspecified atom stereocenters. The molecule has 0 aliphatic rings. The maximum Gasteiger partial charge on any atom is 0.211 e. The van der Waals surface area contributed by atoms with Crippen LogP contribution in [0.15, 0.2) is 22.8 Å². The second kappa shape index (κ2) is 6.45. The van der Waals surface area contributed by atoms with Gasteiger partial charge < -0.3 is 9.15 Å². The van der Waals surface area contributed by atoms with Gasteiger partial charge in [0, 0.05) is 6.54 Å². The molecule has 0 atom stereocenters. The van der Waals surface area contributed by atoms with Crippen LogP contribution in [-0.4, -0.2) is 43.5 Å². The Kier molecular flexibility index (Phi) is 5.22. The molecule has 0 aliphatic carbocycles. The zero-order valence-corrected chi connectivity index (χ0v) is 10.1. The van der Waals surface area contributed by atoms with Gasteiger partial charge in [-0.15, -0.1) is 0 Å². The molecule has 0 amide bonds. The molecular weight excluding hydrogens is 206 g/mol. The number of Topliss-reactive ketones (excluding diaryl/α,β-unsaturated/α-hetero) is 1.